The lowest BCUT2D eigenvalue weighted by atomic mass is 9.95. The van der Waals surface area contributed by atoms with Gasteiger partial charge >= 0.3 is 0 Å². The first kappa shape index (κ1) is 12.3. The van der Waals surface area contributed by atoms with Gasteiger partial charge in [-0.2, -0.15) is 0 Å². The van der Waals surface area contributed by atoms with Crippen molar-refractivity contribution >= 4 is 34.7 Å². The molecule has 2 N–H and O–H groups in total. The van der Waals surface area contributed by atoms with E-state index < -0.39 is 0 Å². The lowest BCUT2D eigenvalue weighted by molar-refractivity contribution is -0.132. The second-order valence-electron chi connectivity index (χ2n) is 5.10. The molecule has 1 saturated heterocycles. The van der Waals surface area contributed by atoms with Crippen LogP contribution >= 0.6 is 12.2 Å². The minimum atomic E-state index is -0.109. The van der Waals surface area contributed by atoms with Gasteiger partial charge in [0.25, 0.3) is 0 Å². The van der Waals surface area contributed by atoms with Gasteiger partial charge in [-0.25, -0.2) is 4.90 Å². The van der Waals surface area contributed by atoms with Gasteiger partial charge in [0, 0.05) is 17.4 Å². The number of para-hydroxylation sites is 1. The number of hydrogen-bond acceptors (Lipinski definition) is 3. The first-order valence-corrected chi connectivity index (χ1v) is 6.77. The maximum atomic E-state index is 12.4. The van der Waals surface area contributed by atoms with Gasteiger partial charge in [0.15, 0.2) is 0 Å². The highest BCUT2D eigenvalue weighted by atomic mass is 32.1. The molecule has 1 aromatic carbocycles. The van der Waals surface area contributed by atoms with E-state index in [1.807, 2.05) is 0 Å². The Bertz CT molecular complexity index is 563. The molecule has 2 bridgehead atoms. The number of hydrogen-bond donors (Lipinski definition) is 1. The number of benzene rings is 1. The number of anilines is 1. The fraction of sp³-hybridized carbons (Fsp3) is 0.357. The molecule has 1 saturated carbocycles. The Morgan fingerprint density at radius 3 is 2.32 bits per heavy atom. The van der Waals surface area contributed by atoms with Crippen molar-refractivity contribution in [2.45, 2.75) is 19.3 Å². The van der Waals surface area contributed by atoms with Gasteiger partial charge < -0.3 is 5.73 Å². The zero-order chi connectivity index (χ0) is 13.6. The number of thiocarbonyl (C=S) groups is 1. The second-order valence-corrected chi connectivity index (χ2v) is 5.54. The molecule has 0 radical (unpaired) electrons. The molecule has 5 heteroatoms. The molecule has 2 unspecified atom stereocenters. The van der Waals surface area contributed by atoms with Gasteiger partial charge in [-0.3, -0.25) is 9.59 Å². The zero-order valence-corrected chi connectivity index (χ0v) is 11.2. The van der Waals surface area contributed by atoms with Crippen molar-refractivity contribution in [1.82, 2.24) is 0 Å². The van der Waals surface area contributed by atoms with Crippen molar-refractivity contribution < 1.29 is 9.59 Å². The van der Waals surface area contributed by atoms with Crippen molar-refractivity contribution in [3.63, 3.8) is 0 Å². The van der Waals surface area contributed by atoms with Crippen molar-refractivity contribution in [2.75, 3.05) is 4.90 Å². The third kappa shape index (κ3) is 1.85. The Labute approximate surface area is 116 Å². The van der Waals surface area contributed by atoms with E-state index in [0.29, 0.717) is 17.7 Å². The quantitative estimate of drug-likeness (QED) is 0.657. The first-order chi connectivity index (χ1) is 9.09. The summed E-state index contributed by atoms with van der Waals surface area (Å²) in [5.74, 6) is -0.269. The molecule has 1 aliphatic carbocycles. The van der Waals surface area contributed by atoms with Crippen LogP contribution in [0.3, 0.4) is 0 Å². The highest BCUT2D eigenvalue weighted by molar-refractivity contribution is 7.80. The Hall–Kier alpha value is -1.75. The smallest absolute Gasteiger partial charge is 0.236 e. The zero-order valence-electron chi connectivity index (χ0n) is 10.3. The van der Waals surface area contributed by atoms with E-state index in [2.05, 4.69) is 0 Å². The van der Waals surface area contributed by atoms with Gasteiger partial charge in [0.2, 0.25) is 11.8 Å². The van der Waals surface area contributed by atoms with Crippen LogP contribution < -0.4 is 10.6 Å². The fourth-order valence-electron chi connectivity index (χ4n) is 3.02. The average Bonchev–Trinajstić information content (AvgIpc) is 2.84. The van der Waals surface area contributed by atoms with E-state index >= 15 is 0 Å². The molecule has 19 heavy (non-hydrogen) atoms. The Kier molecular flexibility index (Phi) is 2.86. The summed E-state index contributed by atoms with van der Waals surface area (Å²) in [5, 5.41) is 0. The van der Waals surface area contributed by atoms with Crippen LogP contribution in [-0.4, -0.2) is 16.8 Å². The summed E-state index contributed by atoms with van der Waals surface area (Å²) in [6, 6.07) is 7.06. The number of rotatable bonds is 2. The normalized spacial score (nSPS) is 25.8. The molecule has 0 aromatic heterocycles. The van der Waals surface area contributed by atoms with Gasteiger partial charge in [0.1, 0.15) is 4.99 Å². The molecule has 2 amide bonds. The molecule has 0 spiro atoms. The highest BCUT2D eigenvalue weighted by Gasteiger charge is 2.46. The predicted octanol–water partition coefficient (Wildman–Crippen LogP) is 1.61. The number of carbonyl (C=O) groups excluding carboxylic acids is 2. The van der Waals surface area contributed by atoms with Crippen molar-refractivity contribution in [2.24, 2.45) is 17.6 Å². The van der Waals surface area contributed by atoms with Crippen molar-refractivity contribution in [3.05, 3.63) is 29.8 Å². The molecule has 1 heterocycles. The van der Waals surface area contributed by atoms with Gasteiger partial charge in [-0.15, -0.1) is 0 Å². The van der Waals surface area contributed by atoms with Crippen LogP contribution in [0.2, 0.25) is 0 Å². The lowest BCUT2D eigenvalue weighted by Gasteiger charge is -2.30. The maximum absolute atomic E-state index is 12.4. The van der Waals surface area contributed by atoms with Crippen LogP contribution in [-0.2, 0) is 9.59 Å². The van der Waals surface area contributed by atoms with Crippen LogP contribution in [0, 0.1) is 11.8 Å². The molecular weight excluding hydrogens is 260 g/mol. The monoisotopic (exact) mass is 274 g/mol. The van der Waals surface area contributed by atoms with E-state index in [9.17, 15) is 9.59 Å². The van der Waals surface area contributed by atoms with E-state index in [4.69, 9.17) is 18.0 Å². The van der Waals surface area contributed by atoms with E-state index in [1.54, 1.807) is 24.3 Å². The molecular formula is C14H14N2O2S. The topological polar surface area (TPSA) is 63.4 Å². The summed E-state index contributed by atoms with van der Waals surface area (Å²) in [6.07, 6.45) is 2.31. The van der Waals surface area contributed by atoms with Gasteiger partial charge in [-0.05, 0) is 31.4 Å². The summed E-state index contributed by atoms with van der Waals surface area (Å²) in [6.45, 7) is 0. The average molecular weight is 274 g/mol. The second kappa shape index (κ2) is 4.42. The first-order valence-electron chi connectivity index (χ1n) is 6.36. The van der Waals surface area contributed by atoms with Crippen LogP contribution in [0.15, 0.2) is 24.3 Å². The van der Waals surface area contributed by atoms with E-state index in [1.165, 1.54) is 4.90 Å². The Balaban J connectivity index is 2.09. The lowest BCUT2D eigenvalue weighted by Crippen LogP contribution is -2.47. The third-order valence-corrected chi connectivity index (χ3v) is 4.20. The molecule has 4 nitrogen and oxygen atoms in total. The summed E-state index contributed by atoms with van der Waals surface area (Å²) in [4.78, 5) is 26.3. The van der Waals surface area contributed by atoms with Gasteiger partial charge in [-0.1, -0.05) is 24.4 Å². The van der Waals surface area contributed by atoms with Crippen molar-refractivity contribution in [1.29, 1.82) is 0 Å². The van der Waals surface area contributed by atoms with Crippen LogP contribution in [0.5, 0.6) is 0 Å². The summed E-state index contributed by atoms with van der Waals surface area (Å²) in [5.41, 5.74) is 6.79. The summed E-state index contributed by atoms with van der Waals surface area (Å²) >= 11 is 5.00. The highest BCUT2D eigenvalue weighted by Crippen LogP contribution is 2.40. The minimum Gasteiger partial charge on any atom is -0.389 e. The Morgan fingerprint density at radius 2 is 1.74 bits per heavy atom. The maximum Gasteiger partial charge on any atom is 0.236 e. The molecule has 1 aliphatic heterocycles. The number of imide groups is 1. The number of nitrogens with two attached hydrogens (primary N) is 1. The molecule has 98 valence electrons. The molecule has 1 aromatic rings. The molecule has 3 rings (SSSR count). The Morgan fingerprint density at radius 1 is 1.16 bits per heavy atom. The van der Waals surface area contributed by atoms with E-state index in [0.717, 1.165) is 12.8 Å². The number of fused-ring (bicyclic) bond motifs is 2. The molecule has 2 fully saturated rings. The van der Waals surface area contributed by atoms with E-state index in [-0.39, 0.29) is 28.6 Å². The number of carbonyl (C=O) groups is 2. The van der Waals surface area contributed by atoms with Crippen LogP contribution in [0.4, 0.5) is 5.69 Å². The fourth-order valence-corrected chi connectivity index (χ4v) is 3.19. The molecule has 2 aliphatic rings. The minimum absolute atomic E-state index is 0.0258. The summed E-state index contributed by atoms with van der Waals surface area (Å²) in [7, 11) is 0. The largest absolute Gasteiger partial charge is 0.389 e. The van der Waals surface area contributed by atoms with Crippen LogP contribution in [0.1, 0.15) is 24.8 Å². The predicted molar refractivity (Wildman–Crippen MR) is 75.7 cm³/mol. The molecule has 2 atom stereocenters. The standard InChI is InChI=1S/C14H14N2O2S/c15-12(19)10-3-1-2-4-11(10)16-13(17)8-5-6-9(7-8)14(16)18/h1-4,8-9H,5-7H2,(H2,15,19). The number of amides is 2. The number of nitrogens with zero attached hydrogens (tertiary/aromatic N) is 1. The van der Waals surface area contributed by atoms with Crippen molar-refractivity contribution in [3.8, 4) is 0 Å². The number of piperidine rings is 1. The van der Waals surface area contributed by atoms with Gasteiger partial charge in [0.05, 0.1) is 5.69 Å². The van der Waals surface area contributed by atoms with Crippen LogP contribution in [0.25, 0.3) is 0 Å². The SMILES string of the molecule is NC(=S)c1ccccc1N1C(=O)C2CCC(C2)C1=O. The third-order valence-electron chi connectivity index (χ3n) is 3.98. The summed E-state index contributed by atoms with van der Waals surface area (Å²) < 4.78 is 0.